The van der Waals surface area contributed by atoms with Crippen molar-refractivity contribution in [3.05, 3.63) is 35.9 Å². The highest BCUT2D eigenvalue weighted by Crippen LogP contribution is 2.38. The van der Waals surface area contributed by atoms with Crippen LogP contribution in [-0.4, -0.2) is 42.6 Å². The van der Waals surface area contributed by atoms with Gasteiger partial charge in [0.2, 0.25) is 0 Å². The molecule has 2 saturated heterocycles. The van der Waals surface area contributed by atoms with E-state index in [9.17, 15) is 9.59 Å². The van der Waals surface area contributed by atoms with Gasteiger partial charge in [0.25, 0.3) is 0 Å². The topological polar surface area (TPSA) is 55.8 Å². The molecule has 3 rings (SSSR count). The molecule has 5 nitrogen and oxygen atoms in total. The van der Waals surface area contributed by atoms with Crippen LogP contribution in [0.1, 0.15) is 44.1 Å². The van der Waals surface area contributed by atoms with Crippen LogP contribution >= 0.6 is 0 Å². The summed E-state index contributed by atoms with van der Waals surface area (Å²) in [6.45, 7) is 0.777. The van der Waals surface area contributed by atoms with Crippen LogP contribution in [0.25, 0.3) is 0 Å². The normalized spacial score (nSPS) is 25.5. The lowest BCUT2D eigenvalue weighted by molar-refractivity contribution is -0.127. The summed E-state index contributed by atoms with van der Waals surface area (Å²) in [6, 6.07) is 9.99. The van der Waals surface area contributed by atoms with Crippen molar-refractivity contribution < 1.29 is 19.1 Å². The van der Waals surface area contributed by atoms with E-state index in [1.807, 2.05) is 35.2 Å². The van der Waals surface area contributed by atoms with Crippen LogP contribution in [-0.2, 0) is 20.9 Å². The van der Waals surface area contributed by atoms with Crippen LogP contribution in [0.4, 0.5) is 4.79 Å². The maximum Gasteiger partial charge on any atom is 0.410 e. The Morgan fingerprint density at radius 3 is 2.44 bits per heavy atom. The largest absolute Gasteiger partial charge is 0.445 e. The highest BCUT2D eigenvalue weighted by molar-refractivity contribution is 5.81. The maximum atomic E-state index is 12.6. The lowest BCUT2D eigenvalue weighted by Crippen LogP contribution is -2.55. The standard InChI is InChI=1S/C20H27NO4/c1-24-11-10-19(22)16-12-17-8-5-9-18(13-16)21(17)20(23)25-14-15-6-3-2-4-7-15/h2-4,6-7,16-18H,5,8-14H2,1H3. The molecule has 1 aromatic rings. The lowest BCUT2D eigenvalue weighted by atomic mass is 9.76. The van der Waals surface area contributed by atoms with Crippen molar-refractivity contribution in [2.45, 2.75) is 57.2 Å². The Hall–Kier alpha value is -1.88. The van der Waals surface area contributed by atoms with E-state index < -0.39 is 0 Å². The van der Waals surface area contributed by atoms with Gasteiger partial charge in [0.15, 0.2) is 0 Å². The Bertz CT molecular complexity index is 575. The first-order valence-corrected chi connectivity index (χ1v) is 9.19. The Balaban J connectivity index is 1.59. The smallest absolute Gasteiger partial charge is 0.410 e. The molecule has 5 heteroatoms. The first-order chi connectivity index (χ1) is 12.2. The minimum absolute atomic E-state index is 0.0589. The second kappa shape index (κ2) is 8.48. The maximum absolute atomic E-state index is 12.6. The third kappa shape index (κ3) is 4.40. The van der Waals surface area contributed by atoms with Crippen LogP contribution in [0.2, 0.25) is 0 Å². The van der Waals surface area contributed by atoms with Gasteiger partial charge in [-0.15, -0.1) is 0 Å². The number of carbonyl (C=O) groups is 2. The van der Waals surface area contributed by atoms with Crippen molar-refractivity contribution in [1.82, 2.24) is 4.90 Å². The fourth-order valence-electron chi connectivity index (χ4n) is 4.14. The summed E-state index contributed by atoms with van der Waals surface area (Å²) in [6.07, 6.45) is 4.81. The molecular formula is C20H27NO4. The van der Waals surface area contributed by atoms with Gasteiger partial charge in [-0.3, -0.25) is 4.79 Å². The van der Waals surface area contributed by atoms with Gasteiger partial charge in [-0.25, -0.2) is 4.79 Å². The van der Waals surface area contributed by atoms with Crippen molar-refractivity contribution >= 4 is 11.9 Å². The number of carbonyl (C=O) groups excluding carboxylic acids is 2. The van der Waals surface area contributed by atoms with E-state index in [0.29, 0.717) is 19.6 Å². The fraction of sp³-hybridized carbons (Fsp3) is 0.600. The molecule has 0 spiro atoms. The van der Waals surface area contributed by atoms with Crippen LogP contribution < -0.4 is 0 Å². The van der Waals surface area contributed by atoms with Crippen LogP contribution in [0.5, 0.6) is 0 Å². The van der Waals surface area contributed by atoms with Gasteiger partial charge in [-0.05, 0) is 37.7 Å². The minimum atomic E-state index is -0.235. The Labute approximate surface area is 149 Å². The molecule has 136 valence electrons. The van der Waals surface area contributed by atoms with Crippen molar-refractivity contribution in [2.24, 2.45) is 5.92 Å². The zero-order valence-electron chi connectivity index (χ0n) is 14.9. The van der Waals surface area contributed by atoms with E-state index in [-0.39, 0.29) is 29.9 Å². The van der Waals surface area contributed by atoms with Gasteiger partial charge >= 0.3 is 6.09 Å². The molecule has 2 bridgehead atoms. The number of amides is 1. The SMILES string of the molecule is COCCC(=O)C1CC2CCCC(C1)N2C(=O)OCc1ccccc1. The molecule has 2 atom stereocenters. The molecule has 0 N–H and O–H groups in total. The summed E-state index contributed by atoms with van der Waals surface area (Å²) in [7, 11) is 1.62. The van der Waals surface area contributed by atoms with E-state index in [2.05, 4.69) is 0 Å². The molecular weight excluding hydrogens is 318 g/mol. The number of ether oxygens (including phenoxy) is 2. The van der Waals surface area contributed by atoms with Crippen LogP contribution in [0, 0.1) is 5.92 Å². The van der Waals surface area contributed by atoms with Crippen LogP contribution in [0.3, 0.4) is 0 Å². The molecule has 2 unspecified atom stereocenters. The number of nitrogens with zero attached hydrogens (tertiary/aromatic N) is 1. The van der Waals surface area contributed by atoms with Gasteiger partial charge < -0.3 is 14.4 Å². The van der Waals surface area contributed by atoms with Crippen molar-refractivity contribution in [1.29, 1.82) is 0 Å². The van der Waals surface area contributed by atoms with Crippen LogP contribution in [0.15, 0.2) is 30.3 Å². The van der Waals surface area contributed by atoms with Crippen molar-refractivity contribution in [3.8, 4) is 0 Å². The number of ketones is 1. The van der Waals surface area contributed by atoms with Crippen molar-refractivity contribution in [2.75, 3.05) is 13.7 Å². The summed E-state index contributed by atoms with van der Waals surface area (Å²) in [4.78, 5) is 26.9. The number of piperidine rings is 2. The second-order valence-corrected chi connectivity index (χ2v) is 7.06. The summed E-state index contributed by atoms with van der Waals surface area (Å²) in [5.41, 5.74) is 0.991. The number of fused-ring (bicyclic) bond motifs is 2. The molecule has 0 aromatic heterocycles. The molecule has 2 aliphatic rings. The first kappa shape index (κ1) is 17.9. The number of rotatable bonds is 6. The Morgan fingerprint density at radius 2 is 1.80 bits per heavy atom. The molecule has 1 amide bonds. The van der Waals surface area contributed by atoms with Crippen molar-refractivity contribution in [3.63, 3.8) is 0 Å². The predicted molar refractivity (Wildman–Crippen MR) is 94.1 cm³/mol. The van der Waals surface area contributed by atoms with E-state index in [4.69, 9.17) is 9.47 Å². The Morgan fingerprint density at radius 1 is 1.12 bits per heavy atom. The molecule has 1 aromatic carbocycles. The third-order valence-electron chi connectivity index (χ3n) is 5.40. The number of Topliss-reactive ketones (excluding diaryl/α,β-unsaturated/α-hetero) is 1. The first-order valence-electron chi connectivity index (χ1n) is 9.19. The van der Waals surface area contributed by atoms with Gasteiger partial charge in [-0.1, -0.05) is 30.3 Å². The quantitative estimate of drug-likeness (QED) is 0.791. The minimum Gasteiger partial charge on any atom is -0.445 e. The molecule has 0 radical (unpaired) electrons. The highest BCUT2D eigenvalue weighted by Gasteiger charge is 2.43. The molecule has 0 saturated carbocycles. The molecule has 2 fully saturated rings. The summed E-state index contributed by atoms with van der Waals surface area (Å²) >= 11 is 0. The zero-order chi connectivity index (χ0) is 17.6. The van der Waals surface area contributed by atoms with E-state index in [1.54, 1.807) is 7.11 Å². The van der Waals surface area contributed by atoms with E-state index >= 15 is 0 Å². The van der Waals surface area contributed by atoms with Gasteiger partial charge in [-0.2, -0.15) is 0 Å². The zero-order valence-corrected chi connectivity index (χ0v) is 14.9. The average Bonchev–Trinajstić information content (AvgIpc) is 2.64. The predicted octanol–water partition coefficient (Wildman–Crippen LogP) is 3.56. The fourth-order valence-corrected chi connectivity index (χ4v) is 4.14. The average molecular weight is 345 g/mol. The summed E-state index contributed by atoms with van der Waals surface area (Å²) in [5, 5.41) is 0. The van der Waals surface area contributed by atoms with Gasteiger partial charge in [0.05, 0.1) is 6.61 Å². The lowest BCUT2D eigenvalue weighted by Gasteiger charge is -2.47. The van der Waals surface area contributed by atoms with Gasteiger partial charge in [0.1, 0.15) is 12.4 Å². The molecule has 0 aliphatic carbocycles. The second-order valence-electron chi connectivity index (χ2n) is 7.06. The number of hydrogen-bond donors (Lipinski definition) is 0. The number of benzene rings is 1. The number of hydrogen-bond acceptors (Lipinski definition) is 4. The number of methoxy groups -OCH3 is 1. The third-order valence-corrected chi connectivity index (χ3v) is 5.40. The summed E-state index contributed by atoms with van der Waals surface area (Å²) < 4.78 is 10.6. The monoisotopic (exact) mass is 345 g/mol. The Kier molecular flexibility index (Phi) is 6.08. The molecule has 25 heavy (non-hydrogen) atoms. The molecule has 2 aliphatic heterocycles. The van der Waals surface area contributed by atoms with Gasteiger partial charge in [0, 0.05) is 31.5 Å². The highest BCUT2D eigenvalue weighted by atomic mass is 16.6. The van der Waals surface area contributed by atoms with E-state index in [0.717, 1.165) is 37.7 Å². The molecule has 2 heterocycles. The van der Waals surface area contributed by atoms with E-state index in [1.165, 1.54) is 0 Å². The summed E-state index contributed by atoms with van der Waals surface area (Å²) in [5.74, 6) is 0.333.